The van der Waals surface area contributed by atoms with E-state index >= 15 is 0 Å². The number of ether oxygens (including phenoxy) is 2. The lowest BCUT2D eigenvalue weighted by atomic mass is 9.86. The van der Waals surface area contributed by atoms with E-state index in [9.17, 15) is 15.0 Å². The summed E-state index contributed by atoms with van der Waals surface area (Å²) in [5, 5.41) is 20.8. The molecule has 1 fully saturated rings. The Hall–Kier alpha value is -2.41. The summed E-state index contributed by atoms with van der Waals surface area (Å²) in [6.45, 7) is 8.79. The second-order valence-electron chi connectivity index (χ2n) is 7.69. The molecule has 2 rings (SSSR count). The SMILES string of the molecule is COc1cc(=O)oc(C=CC=CC=CC(C)=C[C@]2(C)O[C@@H](C)[C@](C)(O)[C@H]2O)c1C. The number of methoxy groups -OCH3 is 1. The van der Waals surface area contributed by atoms with Gasteiger partial charge in [0.25, 0.3) is 0 Å². The highest BCUT2D eigenvalue weighted by Gasteiger charge is 2.55. The van der Waals surface area contributed by atoms with Crippen LogP contribution in [0.3, 0.4) is 0 Å². The van der Waals surface area contributed by atoms with Crippen molar-refractivity contribution in [3.05, 3.63) is 69.8 Å². The number of rotatable bonds is 6. The minimum Gasteiger partial charge on any atom is -0.496 e. The third-order valence-corrected chi connectivity index (χ3v) is 5.22. The van der Waals surface area contributed by atoms with Crippen molar-refractivity contribution in [2.75, 3.05) is 7.11 Å². The minimum absolute atomic E-state index is 0.445. The zero-order chi connectivity index (χ0) is 21.8. The van der Waals surface area contributed by atoms with E-state index in [2.05, 4.69) is 0 Å². The molecule has 1 aliphatic rings. The Morgan fingerprint density at radius 3 is 2.48 bits per heavy atom. The van der Waals surface area contributed by atoms with Crippen molar-refractivity contribution < 1.29 is 24.1 Å². The summed E-state index contributed by atoms with van der Waals surface area (Å²) < 4.78 is 16.1. The minimum atomic E-state index is -1.30. The average molecular weight is 402 g/mol. The van der Waals surface area contributed by atoms with Crippen LogP contribution in [-0.2, 0) is 4.74 Å². The molecule has 1 aliphatic heterocycles. The van der Waals surface area contributed by atoms with Crippen molar-refractivity contribution in [2.24, 2.45) is 0 Å². The maximum Gasteiger partial charge on any atom is 0.339 e. The lowest BCUT2D eigenvalue weighted by molar-refractivity contribution is -0.0579. The van der Waals surface area contributed by atoms with Gasteiger partial charge in [0.1, 0.15) is 28.8 Å². The van der Waals surface area contributed by atoms with Crippen molar-refractivity contribution in [2.45, 2.75) is 58.0 Å². The Balaban J connectivity index is 2.04. The monoisotopic (exact) mass is 402 g/mol. The molecule has 0 aromatic carbocycles. The van der Waals surface area contributed by atoms with Gasteiger partial charge in [0, 0.05) is 5.56 Å². The fourth-order valence-corrected chi connectivity index (χ4v) is 3.38. The predicted molar refractivity (Wildman–Crippen MR) is 113 cm³/mol. The standard InChI is InChI=1S/C23H30O6/c1-15(14-22(4)21(25)23(5,26)17(3)29-22)11-9-7-8-10-12-18-16(2)19(27-6)13-20(24)28-18/h7-14,17,21,25-26H,1-6H3/t17-,21-,22-,23-/m0/s1. The molecule has 0 bridgehead atoms. The number of allylic oxidation sites excluding steroid dienone is 6. The Kier molecular flexibility index (Phi) is 7.06. The van der Waals surface area contributed by atoms with Crippen molar-refractivity contribution in [1.29, 1.82) is 0 Å². The van der Waals surface area contributed by atoms with E-state index in [1.54, 1.807) is 39.0 Å². The number of aliphatic hydroxyl groups excluding tert-OH is 1. The smallest absolute Gasteiger partial charge is 0.339 e. The summed E-state index contributed by atoms with van der Waals surface area (Å²) in [5.74, 6) is 0.934. The second kappa shape index (κ2) is 8.95. The predicted octanol–water partition coefficient (Wildman–Crippen LogP) is 3.32. The molecule has 0 unspecified atom stereocenters. The van der Waals surface area contributed by atoms with Gasteiger partial charge in [-0.3, -0.25) is 0 Å². The van der Waals surface area contributed by atoms with Gasteiger partial charge in [0.05, 0.1) is 19.3 Å². The van der Waals surface area contributed by atoms with Crippen molar-refractivity contribution >= 4 is 6.08 Å². The molecule has 0 aliphatic carbocycles. The fraction of sp³-hybridized carbons (Fsp3) is 0.435. The first-order valence-electron chi connectivity index (χ1n) is 9.49. The number of hydrogen-bond acceptors (Lipinski definition) is 6. The van der Waals surface area contributed by atoms with Crippen molar-refractivity contribution in [3.8, 4) is 5.75 Å². The molecule has 1 aromatic rings. The van der Waals surface area contributed by atoms with Crippen LogP contribution in [0.25, 0.3) is 6.08 Å². The molecule has 1 aromatic heterocycles. The fourth-order valence-electron chi connectivity index (χ4n) is 3.38. The third-order valence-electron chi connectivity index (χ3n) is 5.22. The zero-order valence-electron chi connectivity index (χ0n) is 17.8. The van der Waals surface area contributed by atoms with Crippen LogP contribution in [0.2, 0.25) is 0 Å². The van der Waals surface area contributed by atoms with Crippen LogP contribution in [-0.4, -0.2) is 40.7 Å². The maximum atomic E-state index is 11.5. The van der Waals surface area contributed by atoms with Gasteiger partial charge >= 0.3 is 5.63 Å². The highest BCUT2D eigenvalue weighted by atomic mass is 16.6. The van der Waals surface area contributed by atoms with Gasteiger partial charge in [-0.05, 0) is 46.8 Å². The largest absolute Gasteiger partial charge is 0.496 e. The van der Waals surface area contributed by atoms with E-state index in [4.69, 9.17) is 13.9 Å². The molecular weight excluding hydrogens is 372 g/mol. The molecule has 2 N–H and O–H groups in total. The Morgan fingerprint density at radius 1 is 1.24 bits per heavy atom. The highest BCUT2D eigenvalue weighted by Crippen LogP contribution is 2.39. The highest BCUT2D eigenvalue weighted by molar-refractivity contribution is 5.52. The van der Waals surface area contributed by atoms with Gasteiger partial charge in [-0.25, -0.2) is 4.79 Å². The van der Waals surface area contributed by atoms with Gasteiger partial charge < -0.3 is 24.1 Å². The molecule has 0 amide bonds. The van der Waals surface area contributed by atoms with Gasteiger partial charge in [0.2, 0.25) is 0 Å². The van der Waals surface area contributed by atoms with E-state index in [1.165, 1.54) is 13.2 Å². The molecule has 29 heavy (non-hydrogen) atoms. The lowest BCUT2D eigenvalue weighted by Crippen LogP contribution is -2.47. The number of hydrogen-bond donors (Lipinski definition) is 2. The summed E-state index contributed by atoms with van der Waals surface area (Å²) in [5.41, 5.74) is -1.08. The average Bonchev–Trinajstić information content (AvgIpc) is 2.79. The summed E-state index contributed by atoms with van der Waals surface area (Å²) in [4.78, 5) is 11.5. The third kappa shape index (κ3) is 5.15. The molecular formula is C23H30O6. The lowest BCUT2D eigenvalue weighted by Gasteiger charge is -2.28. The Bertz CT molecular complexity index is 902. The van der Waals surface area contributed by atoms with Crippen molar-refractivity contribution in [3.63, 3.8) is 0 Å². The van der Waals surface area contributed by atoms with Crippen LogP contribution in [0.5, 0.6) is 5.75 Å². The summed E-state index contributed by atoms with van der Waals surface area (Å²) in [6, 6.07) is 1.31. The normalized spacial score (nSPS) is 30.8. The first-order chi connectivity index (χ1) is 13.5. The first-order valence-corrected chi connectivity index (χ1v) is 9.49. The number of aliphatic hydroxyl groups is 2. The van der Waals surface area contributed by atoms with E-state index in [0.717, 1.165) is 11.1 Å². The Morgan fingerprint density at radius 2 is 1.90 bits per heavy atom. The first kappa shape index (κ1) is 22.9. The van der Waals surface area contributed by atoms with Crippen LogP contribution >= 0.6 is 0 Å². The van der Waals surface area contributed by atoms with E-state index in [0.29, 0.717) is 11.5 Å². The van der Waals surface area contributed by atoms with Crippen LogP contribution in [0.15, 0.2) is 57.3 Å². The second-order valence-corrected chi connectivity index (χ2v) is 7.69. The summed E-state index contributed by atoms with van der Waals surface area (Å²) >= 11 is 0. The van der Waals surface area contributed by atoms with Crippen LogP contribution in [0.4, 0.5) is 0 Å². The van der Waals surface area contributed by atoms with Gasteiger partial charge in [-0.15, -0.1) is 0 Å². The van der Waals surface area contributed by atoms with Gasteiger partial charge in [0.15, 0.2) is 0 Å². The Labute approximate surface area is 171 Å². The van der Waals surface area contributed by atoms with E-state index in [1.807, 2.05) is 38.2 Å². The van der Waals surface area contributed by atoms with E-state index in [-0.39, 0.29) is 0 Å². The molecule has 158 valence electrons. The molecule has 0 saturated carbocycles. The topological polar surface area (TPSA) is 89.1 Å². The van der Waals surface area contributed by atoms with E-state index < -0.39 is 29.0 Å². The van der Waals surface area contributed by atoms with Crippen LogP contribution < -0.4 is 10.4 Å². The molecule has 2 heterocycles. The molecule has 0 spiro atoms. The maximum absolute atomic E-state index is 11.5. The van der Waals surface area contributed by atoms with Crippen LogP contribution in [0.1, 0.15) is 39.0 Å². The van der Waals surface area contributed by atoms with Gasteiger partial charge in [-0.1, -0.05) is 36.0 Å². The molecule has 4 atom stereocenters. The molecule has 0 radical (unpaired) electrons. The summed E-state index contributed by atoms with van der Waals surface area (Å²) in [6.07, 6.45) is 11.1. The molecule has 1 saturated heterocycles. The zero-order valence-corrected chi connectivity index (χ0v) is 17.8. The molecule has 6 nitrogen and oxygen atoms in total. The van der Waals surface area contributed by atoms with Crippen LogP contribution in [0, 0.1) is 6.92 Å². The van der Waals surface area contributed by atoms with Gasteiger partial charge in [-0.2, -0.15) is 0 Å². The summed E-state index contributed by atoms with van der Waals surface area (Å²) in [7, 11) is 1.51. The van der Waals surface area contributed by atoms with Crippen molar-refractivity contribution in [1.82, 2.24) is 0 Å². The molecule has 6 heteroatoms. The quantitative estimate of drug-likeness (QED) is 0.710.